The fourth-order valence-electron chi connectivity index (χ4n) is 1.11. The lowest BCUT2D eigenvalue weighted by molar-refractivity contribution is 0.195. The highest BCUT2D eigenvalue weighted by Gasteiger charge is 2.06. The molecule has 0 saturated heterocycles. The number of rotatable bonds is 3. The van der Waals surface area contributed by atoms with Gasteiger partial charge < -0.3 is 5.11 Å². The third kappa shape index (κ3) is 3.01. The topological polar surface area (TPSA) is 87.5 Å². The first kappa shape index (κ1) is 11.1. The molecule has 1 amide bonds. The van der Waals surface area contributed by atoms with E-state index in [0.717, 1.165) is 12.1 Å². The highest BCUT2D eigenvalue weighted by atomic mass is 16.4. The standard InChI is InChI=1S/C9H12N4O2/c1-3-7-8(11-5-4-10-7)6(2)12-13-9(14)15/h4-5,13H,3H2,1-2H3,(H,14,15). The van der Waals surface area contributed by atoms with Crippen molar-refractivity contribution in [1.29, 1.82) is 0 Å². The van der Waals surface area contributed by atoms with Crippen LogP contribution in [0.2, 0.25) is 0 Å². The van der Waals surface area contributed by atoms with Crippen LogP contribution in [0.15, 0.2) is 17.5 Å². The SMILES string of the molecule is CCc1nccnc1C(C)=NNC(=O)O. The Labute approximate surface area is 87.1 Å². The molecule has 0 saturated carbocycles. The van der Waals surface area contributed by atoms with Crippen LogP contribution in [0.1, 0.15) is 25.2 Å². The Bertz CT molecular complexity index is 389. The van der Waals surface area contributed by atoms with Gasteiger partial charge in [0.05, 0.1) is 11.4 Å². The molecule has 0 fully saturated rings. The summed E-state index contributed by atoms with van der Waals surface area (Å²) < 4.78 is 0. The Morgan fingerprint density at radius 2 is 2.20 bits per heavy atom. The molecule has 1 aromatic heterocycles. The summed E-state index contributed by atoms with van der Waals surface area (Å²) in [7, 11) is 0. The highest BCUT2D eigenvalue weighted by molar-refractivity contribution is 5.98. The molecule has 1 rings (SSSR count). The number of aromatic nitrogens is 2. The van der Waals surface area contributed by atoms with Crippen LogP contribution >= 0.6 is 0 Å². The van der Waals surface area contributed by atoms with Gasteiger partial charge in [0.1, 0.15) is 5.69 Å². The third-order valence-corrected chi connectivity index (χ3v) is 1.77. The number of nitrogens with zero attached hydrogens (tertiary/aromatic N) is 3. The van der Waals surface area contributed by atoms with E-state index < -0.39 is 6.09 Å². The summed E-state index contributed by atoms with van der Waals surface area (Å²) in [5.41, 5.74) is 3.85. The molecule has 80 valence electrons. The zero-order valence-electron chi connectivity index (χ0n) is 8.56. The van der Waals surface area contributed by atoms with Crippen molar-refractivity contribution in [2.24, 2.45) is 5.10 Å². The van der Waals surface area contributed by atoms with E-state index in [2.05, 4.69) is 15.1 Å². The minimum atomic E-state index is -1.20. The van der Waals surface area contributed by atoms with Crippen molar-refractivity contribution < 1.29 is 9.90 Å². The number of carbonyl (C=O) groups is 1. The van der Waals surface area contributed by atoms with Crippen molar-refractivity contribution in [2.45, 2.75) is 20.3 Å². The molecule has 1 heterocycles. The minimum Gasteiger partial charge on any atom is -0.464 e. The number of hydrogen-bond acceptors (Lipinski definition) is 4. The lowest BCUT2D eigenvalue weighted by Gasteiger charge is -2.03. The second-order valence-electron chi connectivity index (χ2n) is 2.82. The number of nitrogens with one attached hydrogen (secondary N) is 1. The van der Waals surface area contributed by atoms with Gasteiger partial charge in [0.15, 0.2) is 0 Å². The molecule has 0 aromatic carbocycles. The number of hydrogen-bond donors (Lipinski definition) is 2. The monoisotopic (exact) mass is 208 g/mol. The van der Waals surface area contributed by atoms with Crippen LogP contribution in [0.5, 0.6) is 0 Å². The number of amides is 1. The summed E-state index contributed by atoms with van der Waals surface area (Å²) in [4.78, 5) is 18.5. The van der Waals surface area contributed by atoms with Crippen molar-refractivity contribution in [3.05, 3.63) is 23.8 Å². The van der Waals surface area contributed by atoms with E-state index in [4.69, 9.17) is 5.11 Å². The van der Waals surface area contributed by atoms with E-state index in [1.54, 1.807) is 19.3 Å². The van der Waals surface area contributed by atoms with Gasteiger partial charge in [0, 0.05) is 12.4 Å². The van der Waals surface area contributed by atoms with Crippen LogP contribution in [0, 0.1) is 0 Å². The lowest BCUT2D eigenvalue weighted by atomic mass is 10.2. The van der Waals surface area contributed by atoms with Gasteiger partial charge in [-0.25, -0.2) is 10.2 Å². The lowest BCUT2D eigenvalue weighted by Crippen LogP contribution is -2.17. The van der Waals surface area contributed by atoms with Crippen molar-refractivity contribution >= 4 is 11.8 Å². The summed E-state index contributed by atoms with van der Waals surface area (Å²) in [5.74, 6) is 0. The quantitative estimate of drug-likeness (QED) is 0.573. The van der Waals surface area contributed by atoms with Gasteiger partial charge in [-0.3, -0.25) is 9.97 Å². The molecule has 0 unspecified atom stereocenters. The fraction of sp³-hybridized carbons (Fsp3) is 0.333. The smallest absolute Gasteiger partial charge is 0.425 e. The molecule has 6 heteroatoms. The molecule has 1 aromatic rings. The summed E-state index contributed by atoms with van der Waals surface area (Å²) >= 11 is 0. The summed E-state index contributed by atoms with van der Waals surface area (Å²) in [6.07, 6.45) is 2.67. The molecule has 0 aliphatic rings. The van der Waals surface area contributed by atoms with E-state index in [1.807, 2.05) is 12.3 Å². The molecule has 0 atom stereocenters. The number of aryl methyl sites for hydroxylation is 1. The molecular formula is C9H12N4O2. The van der Waals surface area contributed by atoms with Gasteiger partial charge in [-0.05, 0) is 13.3 Å². The van der Waals surface area contributed by atoms with Crippen LogP contribution in [0.3, 0.4) is 0 Å². The predicted octanol–water partition coefficient (Wildman–Crippen LogP) is 1.03. The van der Waals surface area contributed by atoms with Gasteiger partial charge in [-0.2, -0.15) is 5.10 Å². The Hall–Kier alpha value is -1.98. The average molecular weight is 208 g/mol. The van der Waals surface area contributed by atoms with Gasteiger partial charge in [0.2, 0.25) is 0 Å². The molecule has 0 aliphatic carbocycles. The van der Waals surface area contributed by atoms with Crippen molar-refractivity contribution in [1.82, 2.24) is 15.4 Å². The fourth-order valence-corrected chi connectivity index (χ4v) is 1.11. The van der Waals surface area contributed by atoms with Crippen LogP contribution in [0.4, 0.5) is 4.79 Å². The normalized spacial score (nSPS) is 11.2. The molecule has 0 radical (unpaired) electrons. The summed E-state index contributed by atoms with van der Waals surface area (Å²) in [6.45, 7) is 3.63. The molecule has 0 aliphatic heterocycles. The van der Waals surface area contributed by atoms with Crippen LogP contribution in [-0.4, -0.2) is 26.9 Å². The Kier molecular flexibility index (Phi) is 3.73. The van der Waals surface area contributed by atoms with E-state index in [9.17, 15) is 4.79 Å². The molecule has 6 nitrogen and oxygen atoms in total. The first-order valence-corrected chi connectivity index (χ1v) is 4.48. The second kappa shape index (κ2) is 5.04. The number of hydrazone groups is 1. The maximum Gasteiger partial charge on any atom is 0.425 e. The van der Waals surface area contributed by atoms with E-state index >= 15 is 0 Å². The first-order valence-electron chi connectivity index (χ1n) is 4.48. The van der Waals surface area contributed by atoms with E-state index in [-0.39, 0.29) is 0 Å². The van der Waals surface area contributed by atoms with Crippen molar-refractivity contribution in [3.63, 3.8) is 0 Å². The largest absolute Gasteiger partial charge is 0.464 e. The molecule has 0 spiro atoms. The van der Waals surface area contributed by atoms with Crippen molar-refractivity contribution in [2.75, 3.05) is 0 Å². The average Bonchev–Trinajstić information content (AvgIpc) is 2.25. The second-order valence-corrected chi connectivity index (χ2v) is 2.82. The Morgan fingerprint density at radius 3 is 2.80 bits per heavy atom. The minimum absolute atomic E-state index is 0.502. The summed E-state index contributed by atoms with van der Waals surface area (Å²) in [5, 5.41) is 12.0. The number of carboxylic acid groups (broad SMARTS) is 1. The summed E-state index contributed by atoms with van der Waals surface area (Å²) in [6, 6.07) is 0. The first-order chi connectivity index (χ1) is 7.15. The van der Waals surface area contributed by atoms with E-state index in [1.165, 1.54) is 0 Å². The molecule has 0 bridgehead atoms. The zero-order chi connectivity index (χ0) is 11.3. The van der Waals surface area contributed by atoms with Gasteiger partial charge in [-0.15, -0.1) is 0 Å². The Morgan fingerprint density at radius 1 is 1.53 bits per heavy atom. The van der Waals surface area contributed by atoms with Crippen molar-refractivity contribution in [3.8, 4) is 0 Å². The third-order valence-electron chi connectivity index (χ3n) is 1.77. The highest BCUT2D eigenvalue weighted by Crippen LogP contribution is 2.03. The maximum atomic E-state index is 10.2. The van der Waals surface area contributed by atoms with Crippen LogP contribution in [-0.2, 0) is 6.42 Å². The van der Waals surface area contributed by atoms with Gasteiger partial charge in [-0.1, -0.05) is 6.92 Å². The van der Waals surface area contributed by atoms with Gasteiger partial charge in [0.25, 0.3) is 0 Å². The van der Waals surface area contributed by atoms with Crippen LogP contribution in [0.25, 0.3) is 0 Å². The zero-order valence-corrected chi connectivity index (χ0v) is 8.56. The predicted molar refractivity (Wildman–Crippen MR) is 54.8 cm³/mol. The Balaban J connectivity index is 2.94. The molecular weight excluding hydrogens is 196 g/mol. The van der Waals surface area contributed by atoms with Crippen LogP contribution < -0.4 is 5.43 Å². The molecule has 2 N–H and O–H groups in total. The van der Waals surface area contributed by atoms with Gasteiger partial charge >= 0.3 is 6.09 Å². The maximum absolute atomic E-state index is 10.2. The molecule has 15 heavy (non-hydrogen) atoms. The van der Waals surface area contributed by atoms with E-state index in [0.29, 0.717) is 11.4 Å².